The first-order valence-electron chi connectivity index (χ1n) is 8.52. The Morgan fingerprint density at radius 2 is 1.57 bits per heavy atom. The van der Waals surface area contributed by atoms with Gasteiger partial charge in [0.05, 0.1) is 0 Å². The van der Waals surface area contributed by atoms with Crippen molar-refractivity contribution in [3.05, 3.63) is 60.2 Å². The molecule has 3 nitrogen and oxygen atoms in total. The summed E-state index contributed by atoms with van der Waals surface area (Å²) in [5.41, 5.74) is 3.15. The van der Waals surface area contributed by atoms with Gasteiger partial charge in [-0.25, -0.2) is 0 Å². The maximum Gasteiger partial charge on any atom is 0.254 e. The van der Waals surface area contributed by atoms with Gasteiger partial charge in [-0.3, -0.25) is 4.79 Å². The zero-order chi connectivity index (χ0) is 15.6. The molecule has 2 aromatic rings. The molecule has 2 fully saturated rings. The molecule has 2 aliphatic heterocycles. The molecule has 0 aliphatic carbocycles. The van der Waals surface area contributed by atoms with Crippen LogP contribution in [0.5, 0.6) is 0 Å². The Kier molecular flexibility index (Phi) is 3.88. The molecule has 118 valence electrons. The molecule has 0 aromatic heterocycles. The van der Waals surface area contributed by atoms with E-state index in [1.54, 1.807) is 0 Å². The molecule has 2 atom stereocenters. The van der Waals surface area contributed by atoms with Crippen LogP contribution in [0.15, 0.2) is 54.6 Å². The van der Waals surface area contributed by atoms with Crippen molar-refractivity contribution in [3.8, 4) is 11.1 Å². The summed E-state index contributed by atoms with van der Waals surface area (Å²) in [6.45, 7) is 1.96. The van der Waals surface area contributed by atoms with Crippen LogP contribution in [-0.2, 0) is 0 Å². The summed E-state index contributed by atoms with van der Waals surface area (Å²) in [6.07, 6.45) is 3.36. The molecule has 4 rings (SSSR count). The molecule has 0 saturated carbocycles. The normalized spacial score (nSPS) is 23.6. The van der Waals surface area contributed by atoms with E-state index in [9.17, 15) is 4.79 Å². The van der Waals surface area contributed by atoms with Crippen LogP contribution in [0.4, 0.5) is 0 Å². The third-order valence-corrected chi connectivity index (χ3v) is 5.13. The van der Waals surface area contributed by atoms with Gasteiger partial charge in [0.1, 0.15) is 0 Å². The van der Waals surface area contributed by atoms with Crippen LogP contribution >= 0.6 is 0 Å². The van der Waals surface area contributed by atoms with Gasteiger partial charge in [-0.15, -0.1) is 0 Å². The summed E-state index contributed by atoms with van der Waals surface area (Å²) in [5, 5.41) is 3.45. The number of carbonyl (C=O) groups excluding carboxylic acids is 1. The molecule has 2 heterocycles. The number of fused-ring (bicyclic) bond motifs is 2. The van der Waals surface area contributed by atoms with Crippen LogP contribution in [0.3, 0.4) is 0 Å². The Bertz CT molecular complexity index is 667. The molecule has 2 bridgehead atoms. The number of hydrogen-bond acceptors (Lipinski definition) is 2. The number of amides is 1. The number of hydrogen-bond donors (Lipinski definition) is 1. The summed E-state index contributed by atoms with van der Waals surface area (Å²) in [7, 11) is 0. The van der Waals surface area contributed by atoms with Crippen LogP contribution in [0.1, 0.15) is 29.6 Å². The summed E-state index contributed by atoms with van der Waals surface area (Å²) in [6, 6.07) is 19.1. The van der Waals surface area contributed by atoms with E-state index < -0.39 is 0 Å². The second-order valence-electron chi connectivity index (χ2n) is 6.53. The number of carbonyl (C=O) groups is 1. The fourth-order valence-electron chi connectivity index (χ4n) is 3.90. The van der Waals surface area contributed by atoms with Crippen molar-refractivity contribution < 1.29 is 4.79 Å². The van der Waals surface area contributed by atoms with E-state index in [0.717, 1.165) is 43.5 Å². The van der Waals surface area contributed by atoms with Gasteiger partial charge in [0.15, 0.2) is 0 Å². The molecule has 3 heteroatoms. The highest BCUT2D eigenvalue weighted by atomic mass is 16.2. The third-order valence-electron chi connectivity index (χ3n) is 5.13. The maximum atomic E-state index is 13.0. The molecule has 1 amide bonds. The van der Waals surface area contributed by atoms with Gasteiger partial charge in [-0.05, 0) is 49.1 Å². The SMILES string of the molecule is O=C(c1ccc(-c2ccccc2)cc1)N1C2CCNCC1CC2. The van der Waals surface area contributed by atoms with Crippen LogP contribution in [0.2, 0.25) is 0 Å². The van der Waals surface area contributed by atoms with E-state index in [0.29, 0.717) is 12.1 Å². The minimum absolute atomic E-state index is 0.195. The van der Waals surface area contributed by atoms with Gasteiger partial charge in [-0.2, -0.15) is 0 Å². The van der Waals surface area contributed by atoms with Crippen LogP contribution in [-0.4, -0.2) is 36.0 Å². The zero-order valence-corrected chi connectivity index (χ0v) is 13.2. The molecule has 2 unspecified atom stereocenters. The number of nitrogens with zero attached hydrogens (tertiary/aromatic N) is 1. The predicted octanol–water partition coefficient (Wildman–Crippen LogP) is 3.32. The summed E-state index contributed by atoms with van der Waals surface area (Å²) < 4.78 is 0. The summed E-state index contributed by atoms with van der Waals surface area (Å²) >= 11 is 0. The quantitative estimate of drug-likeness (QED) is 0.923. The van der Waals surface area contributed by atoms with Gasteiger partial charge >= 0.3 is 0 Å². The molecule has 1 N–H and O–H groups in total. The number of rotatable bonds is 2. The molecule has 0 radical (unpaired) electrons. The van der Waals surface area contributed by atoms with Crippen LogP contribution in [0.25, 0.3) is 11.1 Å². The van der Waals surface area contributed by atoms with Crippen molar-refractivity contribution in [1.29, 1.82) is 0 Å². The minimum Gasteiger partial charge on any atom is -0.331 e. The molecule has 2 aromatic carbocycles. The van der Waals surface area contributed by atoms with E-state index in [1.807, 2.05) is 30.3 Å². The van der Waals surface area contributed by atoms with Gasteiger partial charge in [0.2, 0.25) is 0 Å². The largest absolute Gasteiger partial charge is 0.331 e. The minimum atomic E-state index is 0.195. The Labute approximate surface area is 137 Å². The highest BCUT2D eigenvalue weighted by Gasteiger charge is 2.38. The molecule has 2 saturated heterocycles. The Hall–Kier alpha value is -2.13. The van der Waals surface area contributed by atoms with Crippen molar-refractivity contribution in [1.82, 2.24) is 10.2 Å². The number of benzene rings is 2. The van der Waals surface area contributed by atoms with Crippen LogP contribution in [0, 0.1) is 0 Å². The first-order chi connectivity index (χ1) is 11.3. The predicted molar refractivity (Wildman–Crippen MR) is 92.3 cm³/mol. The van der Waals surface area contributed by atoms with Gasteiger partial charge in [0, 0.05) is 24.2 Å². The first-order valence-corrected chi connectivity index (χ1v) is 8.52. The van der Waals surface area contributed by atoms with E-state index in [-0.39, 0.29) is 5.91 Å². The lowest BCUT2D eigenvalue weighted by Gasteiger charge is -2.28. The molecule has 2 aliphatic rings. The van der Waals surface area contributed by atoms with E-state index in [1.165, 1.54) is 5.56 Å². The Morgan fingerprint density at radius 1 is 0.870 bits per heavy atom. The van der Waals surface area contributed by atoms with Gasteiger partial charge in [-0.1, -0.05) is 42.5 Å². The molecular weight excluding hydrogens is 284 g/mol. The lowest BCUT2D eigenvalue weighted by atomic mass is 10.0. The second kappa shape index (κ2) is 6.17. The average molecular weight is 306 g/mol. The van der Waals surface area contributed by atoms with Crippen molar-refractivity contribution in [3.63, 3.8) is 0 Å². The van der Waals surface area contributed by atoms with Crippen molar-refractivity contribution in [2.75, 3.05) is 13.1 Å². The third kappa shape index (κ3) is 2.77. The lowest BCUT2D eigenvalue weighted by Crippen LogP contribution is -2.42. The zero-order valence-electron chi connectivity index (χ0n) is 13.2. The second-order valence-corrected chi connectivity index (χ2v) is 6.53. The fourth-order valence-corrected chi connectivity index (χ4v) is 3.90. The van der Waals surface area contributed by atoms with Crippen molar-refractivity contribution in [2.45, 2.75) is 31.3 Å². The van der Waals surface area contributed by atoms with Crippen molar-refractivity contribution in [2.24, 2.45) is 0 Å². The van der Waals surface area contributed by atoms with Gasteiger partial charge < -0.3 is 10.2 Å². The van der Waals surface area contributed by atoms with E-state index in [4.69, 9.17) is 0 Å². The fraction of sp³-hybridized carbons (Fsp3) is 0.350. The van der Waals surface area contributed by atoms with E-state index in [2.05, 4.69) is 34.5 Å². The standard InChI is InChI=1S/C20H22N2O/c23-20(22-18-10-11-19(22)14-21-13-12-18)17-8-6-16(7-9-17)15-4-2-1-3-5-15/h1-9,18-19,21H,10-14H2. The highest BCUT2D eigenvalue weighted by Crippen LogP contribution is 2.30. The molecular formula is C20H22N2O. The Morgan fingerprint density at radius 3 is 2.35 bits per heavy atom. The first kappa shape index (κ1) is 14.5. The monoisotopic (exact) mass is 306 g/mol. The number of nitrogens with one attached hydrogen (secondary N) is 1. The van der Waals surface area contributed by atoms with E-state index >= 15 is 0 Å². The van der Waals surface area contributed by atoms with Crippen molar-refractivity contribution >= 4 is 5.91 Å². The smallest absolute Gasteiger partial charge is 0.254 e. The Balaban J connectivity index is 1.57. The molecule has 23 heavy (non-hydrogen) atoms. The topological polar surface area (TPSA) is 32.3 Å². The van der Waals surface area contributed by atoms with Crippen LogP contribution < -0.4 is 5.32 Å². The van der Waals surface area contributed by atoms with Gasteiger partial charge in [0.25, 0.3) is 5.91 Å². The maximum absolute atomic E-state index is 13.0. The molecule has 0 spiro atoms. The highest BCUT2D eigenvalue weighted by molar-refractivity contribution is 5.95. The average Bonchev–Trinajstić information content (AvgIpc) is 2.88. The summed E-state index contributed by atoms with van der Waals surface area (Å²) in [5.74, 6) is 0.195. The lowest BCUT2D eigenvalue weighted by molar-refractivity contribution is 0.0680. The summed E-state index contributed by atoms with van der Waals surface area (Å²) in [4.78, 5) is 15.1.